The molecule has 0 saturated carbocycles. The second-order valence-corrected chi connectivity index (χ2v) is 5.49. The summed E-state index contributed by atoms with van der Waals surface area (Å²) < 4.78 is 0.972. The van der Waals surface area contributed by atoms with E-state index in [9.17, 15) is 0 Å². The predicted molar refractivity (Wildman–Crippen MR) is 71.4 cm³/mol. The summed E-state index contributed by atoms with van der Waals surface area (Å²) in [6.45, 7) is 4.27. The number of hydrogen-bond donors (Lipinski definition) is 1. The highest BCUT2D eigenvalue weighted by Crippen LogP contribution is 2.24. The molecule has 0 spiro atoms. The highest BCUT2D eigenvalue weighted by molar-refractivity contribution is 9.10. The Labute approximate surface area is 107 Å². The molecule has 0 aliphatic rings. The van der Waals surface area contributed by atoms with E-state index in [0.29, 0.717) is 5.92 Å². The van der Waals surface area contributed by atoms with Gasteiger partial charge in [0.1, 0.15) is 5.82 Å². The third kappa shape index (κ3) is 2.80. The average molecular weight is 298 g/mol. The molecule has 0 saturated heterocycles. The Hall–Kier alpha value is -0.940. The van der Waals surface area contributed by atoms with E-state index in [1.165, 1.54) is 0 Å². The van der Waals surface area contributed by atoms with Gasteiger partial charge >= 0.3 is 0 Å². The zero-order valence-corrected chi connectivity index (χ0v) is 11.5. The first-order valence-electron chi connectivity index (χ1n) is 4.99. The van der Waals surface area contributed by atoms with Gasteiger partial charge in [-0.25, -0.2) is 9.97 Å². The number of halogens is 1. The van der Waals surface area contributed by atoms with Gasteiger partial charge in [0.2, 0.25) is 0 Å². The zero-order chi connectivity index (χ0) is 11.5. The van der Waals surface area contributed by atoms with Crippen molar-refractivity contribution in [3.63, 3.8) is 0 Å². The molecule has 2 aromatic rings. The van der Waals surface area contributed by atoms with Crippen molar-refractivity contribution >= 4 is 38.2 Å². The van der Waals surface area contributed by atoms with Crippen molar-refractivity contribution in [1.29, 1.82) is 0 Å². The normalized spacial score (nSPS) is 10.8. The minimum Gasteiger partial charge on any atom is -0.316 e. The molecule has 3 nitrogen and oxygen atoms in total. The van der Waals surface area contributed by atoms with E-state index in [0.717, 1.165) is 21.1 Å². The van der Waals surface area contributed by atoms with Crippen LogP contribution in [0.2, 0.25) is 0 Å². The standard InChI is InChI=1S/C11H12BrN3S/c1-7(2)9-6-16-11(14-9)15-10-4-3-8(12)5-13-10/h3-7H,1-2H3,(H,13,14,15). The maximum absolute atomic E-state index is 4.48. The fourth-order valence-electron chi connectivity index (χ4n) is 1.17. The maximum Gasteiger partial charge on any atom is 0.188 e. The lowest BCUT2D eigenvalue weighted by molar-refractivity contribution is 0.834. The maximum atomic E-state index is 4.48. The summed E-state index contributed by atoms with van der Waals surface area (Å²) in [6, 6.07) is 3.87. The van der Waals surface area contributed by atoms with Crippen molar-refractivity contribution in [3.8, 4) is 0 Å². The molecule has 0 atom stereocenters. The molecule has 2 heterocycles. The molecule has 16 heavy (non-hydrogen) atoms. The van der Waals surface area contributed by atoms with Crippen molar-refractivity contribution in [1.82, 2.24) is 9.97 Å². The molecule has 0 aliphatic carbocycles. The lowest BCUT2D eigenvalue weighted by atomic mass is 10.2. The number of thiazole rings is 1. The molecule has 0 aliphatic heterocycles. The van der Waals surface area contributed by atoms with Gasteiger partial charge in [-0.15, -0.1) is 11.3 Å². The van der Waals surface area contributed by atoms with Gasteiger partial charge in [-0.05, 0) is 34.0 Å². The van der Waals surface area contributed by atoms with E-state index in [1.807, 2.05) is 12.1 Å². The van der Waals surface area contributed by atoms with Crippen molar-refractivity contribution in [3.05, 3.63) is 33.9 Å². The fourth-order valence-corrected chi connectivity index (χ4v) is 2.28. The molecule has 2 rings (SSSR count). The number of pyridine rings is 1. The summed E-state index contributed by atoms with van der Waals surface area (Å²) in [5.74, 6) is 1.28. The highest BCUT2D eigenvalue weighted by Gasteiger charge is 2.05. The fraction of sp³-hybridized carbons (Fsp3) is 0.273. The van der Waals surface area contributed by atoms with Crippen molar-refractivity contribution in [2.24, 2.45) is 0 Å². The van der Waals surface area contributed by atoms with Crippen LogP contribution in [-0.4, -0.2) is 9.97 Å². The number of hydrogen-bond acceptors (Lipinski definition) is 4. The minimum atomic E-state index is 0.463. The van der Waals surface area contributed by atoms with Gasteiger partial charge in [-0.2, -0.15) is 0 Å². The summed E-state index contributed by atoms with van der Waals surface area (Å²) in [5.41, 5.74) is 1.12. The summed E-state index contributed by atoms with van der Waals surface area (Å²) in [4.78, 5) is 8.72. The van der Waals surface area contributed by atoms with Crippen LogP contribution in [0.15, 0.2) is 28.2 Å². The average Bonchev–Trinajstić information content (AvgIpc) is 2.70. The zero-order valence-electron chi connectivity index (χ0n) is 9.07. The molecular weight excluding hydrogens is 286 g/mol. The van der Waals surface area contributed by atoms with Crippen LogP contribution >= 0.6 is 27.3 Å². The number of nitrogens with one attached hydrogen (secondary N) is 1. The number of anilines is 2. The minimum absolute atomic E-state index is 0.463. The summed E-state index contributed by atoms with van der Waals surface area (Å²) >= 11 is 4.95. The van der Waals surface area contributed by atoms with E-state index >= 15 is 0 Å². The number of aromatic nitrogens is 2. The van der Waals surface area contributed by atoms with Gasteiger partial charge in [0.25, 0.3) is 0 Å². The Balaban J connectivity index is 2.11. The highest BCUT2D eigenvalue weighted by atomic mass is 79.9. The molecule has 0 aromatic carbocycles. The SMILES string of the molecule is CC(C)c1csc(Nc2ccc(Br)cn2)n1. The van der Waals surface area contributed by atoms with Gasteiger partial charge < -0.3 is 5.32 Å². The lowest BCUT2D eigenvalue weighted by Crippen LogP contribution is -1.93. The van der Waals surface area contributed by atoms with Crippen LogP contribution in [0.3, 0.4) is 0 Å². The molecule has 0 radical (unpaired) electrons. The van der Waals surface area contributed by atoms with Crippen LogP contribution in [-0.2, 0) is 0 Å². The van der Waals surface area contributed by atoms with Crippen LogP contribution in [0, 0.1) is 0 Å². The molecule has 84 valence electrons. The summed E-state index contributed by atoms with van der Waals surface area (Å²) in [7, 11) is 0. The van der Waals surface area contributed by atoms with E-state index < -0.39 is 0 Å². The van der Waals surface area contributed by atoms with Gasteiger partial charge in [-0.1, -0.05) is 13.8 Å². The van der Waals surface area contributed by atoms with Crippen molar-refractivity contribution in [2.75, 3.05) is 5.32 Å². The van der Waals surface area contributed by atoms with Crippen LogP contribution < -0.4 is 5.32 Å². The second kappa shape index (κ2) is 4.93. The van der Waals surface area contributed by atoms with E-state index in [4.69, 9.17) is 0 Å². The largest absolute Gasteiger partial charge is 0.316 e. The van der Waals surface area contributed by atoms with Crippen LogP contribution in [0.25, 0.3) is 0 Å². The lowest BCUT2D eigenvalue weighted by Gasteiger charge is -2.01. The smallest absolute Gasteiger partial charge is 0.188 e. The molecule has 0 fully saturated rings. The molecule has 2 aromatic heterocycles. The molecule has 1 N–H and O–H groups in total. The van der Waals surface area contributed by atoms with Gasteiger partial charge in [0.05, 0.1) is 5.69 Å². The quantitative estimate of drug-likeness (QED) is 0.924. The van der Waals surface area contributed by atoms with Gasteiger partial charge in [0.15, 0.2) is 5.13 Å². The number of nitrogens with zero attached hydrogens (tertiary/aromatic N) is 2. The van der Waals surface area contributed by atoms with Gasteiger partial charge in [0, 0.05) is 16.0 Å². The summed E-state index contributed by atoms with van der Waals surface area (Å²) in [5, 5.41) is 6.14. The first-order chi connectivity index (χ1) is 7.65. The van der Waals surface area contributed by atoms with E-state index in [1.54, 1.807) is 17.5 Å². The molecular formula is C11H12BrN3S. The third-order valence-corrected chi connectivity index (χ3v) is 3.32. The molecule has 0 bridgehead atoms. The monoisotopic (exact) mass is 297 g/mol. The first kappa shape index (κ1) is 11.5. The predicted octanol–water partition coefficient (Wildman–Crippen LogP) is 4.17. The summed E-state index contributed by atoms with van der Waals surface area (Å²) in [6.07, 6.45) is 1.76. The van der Waals surface area contributed by atoms with E-state index in [2.05, 4.69) is 50.4 Å². The van der Waals surface area contributed by atoms with E-state index in [-0.39, 0.29) is 0 Å². The van der Waals surface area contributed by atoms with Crippen LogP contribution in [0.4, 0.5) is 10.9 Å². The molecule has 0 unspecified atom stereocenters. The Morgan fingerprint density at radius 2 is 2.19 bits per heavy atom. The Morgan fingerprint density at radius 1 is 1.38 bits per heavy atom. The Morgan fingerprint density at radius 3 is 2.75 bits per heavy atom. The topological polar surface area (TPSA) is 37.8 Å². The third-order valence-electron chi connectivity index (χ3n) is 2.08. The second-order valence-electron chi connectivity index (χ2n) is 3.72. The van der Waals surface area contributed by atoms with Crippen LogP contribution in [0.5, 0.6) is 0 Å². The Kier molecular flexibility index (Phi) is 3.56. The number of rotatable bonds is 3. The molecule has 5 heteroatoms. The first-order valence-corrected chi connectivity index (χ1v) is 6.66. The van der Waals surface area contributed by atoms with Crippen molar-refractivity contribution in [2.45, 2.75) is 19.8 Å². The van der Waals surface area contributed by atoms with Crippen molar-refractivity contribution < 1.29 is 0 Å². The molecule has 0 amide bonds. The Bertz CT molecular complexity index is 464. The van der Waals surface area contributed by atoms with Gasteiger partial charge in [-0.3, -0.25) is 0 Å². The van der Waals surface area contributed by atoms with Crippen LogP contribution in [0.1, 0.15) is 25.5 Å².